The van der Waals surface area contributed by atoms with Gasteiger partial charge < -0.3 is 9.53 Å². The summed E-state index contributed by atoms with van der Waals surface area (Å²) in [5, 5.41) is 11.1. The van der Waals surface area contributed by atoms with Crippen molar-refractivity contribution in [1.29, 1.82) is 0 Å². The molecule has 1 N–H and O–H groups in total. The molecule has 4 aliphatic rings. The minimum Gasteiger partial charge on any atom is -0.414 e. The van der Waals surface area contributed by atoms with Crippen molar-refractivity contribution in [3.63, 3.8) is 0 Å². The second-order valence-electron chi connectivity index (χ2n) is 13.1. The molecule has 0 radical (unpaired) electrons. The highest BCUT2D eigenvalue weighted by Gasteiger charge is 2.60. The fourth-order valence-corrected chi connectivity index (χ4v) is 9.19. The normalized spacial score (nSPS) is 46.5. The first-order valence-electron chi connectivity index (χ1n) is 12.5. The summed E-state index contributed by atoms with van der Waals surface area (Å²) in [6, 6.07) is 0. The Bertz CT molecular complexity index is 719. The molecule has 170 valence electrons. The van der Waals surface area contributed by atoms with E-state index in [0.717, 1.165) is 24.7 Å². The molecule has 0 unspecified atom stereocenters. The highest BCUT2D eigenvalue weighted by molar-refractivity contribution is 6.74. The molecule has 8 atom stereocenters. The van der Waals surface area contributed by atoms with Crippen molar-refractivity contribution >= 4 is 8.32 Å². The molecule has 0 heterocycles. The Labute approximate surface area is 186 Å². The van der Waals surface area contributed by atoms with Gasteiger partial charge in [-0.1, -0.05) is 52.3 Å². The topological polar surface area (TPSA) is 29.5 Å². The maximum Gasteiger partial charge on any atom is 0.192 e. The van der Waals surface area contributed by atoms with E-state index in [1.54, 1.807) is 5.57 Å². The molecule has 0 aromatic carbocycles. The first-order chi connectivity index (χ1) is 13.8. The summed E-state index contributed by atoms with van der Waals surface area (Å²) in [4.78, 5) is 0. The average molecular weight is 431 g/mol. The van der Waals surface area contributed by atoms with E-state index in [1.807, 2.05) is 0 Å². The van der Waals surface area contributed by atoms with Crippen molar-refractivity contribution in [3.8, 4) is 0 Å². The Morgan fingerprint density at radius 2 is 1.87 bits per heavy atom. The maximum absolute atomic E-state index is 10.8. The summed E-state index contributed by atoms with van der Waals surface area (Å²) in [6.07, 6.45) is 13.3. The van der Waals surface area contributed by atoms with E-state index in [4.69, 9.17) is 4.43 Å². The first kappa shape index (κ1) is 22.8. The van der Waals surface area contributed by atoms with Crippen LogP contribution in [0.2, 0.25) is 18.1 Å². The molecule has 3 saturated carbocycles. The van der Waals surface area contributed by atoms with Crippen LogP contribution in [0, 0.1) is 34.5 Å². The summed E-state index contributed by atoms with van der Waals surface area (Å²) >= 11 is 0. The zero-order valence-electron chi connectivity index (χ0n) is 20.6. The van der Waals surface area contributed by atoms with E-state index in [2.05, 4.69) is 66.4 Å². The monoisotopic (exact) mass is 430 g/mol. The van der Waals surface area contributed by atoms with Gasteiger partial charge in [-0.2, -0.15) is 0 Å². The van der Waals surface area contributed by atoms with Gasteiger partial charge in [0, 0.05) is 12.0 Å². The molecule has 3 heteroatoms. The molecule has 4 aliphatic carbocycles. The number of rotatable bonds is 3. The number of hydrogen-bond donors (Lipinski definition) is 1. The van der Waals surface area contributed by atoms with Gasteiger partial charge in [0.25, 0.3) is 0 Å². The number of fused-ring (bicyclic) bond motifs is 5. The summed E-state index contributed by atoms with van der Waals surface area (Å²) in [5.74, 6) is 2.43. The zero-order chi connectivity index (χ0) is 22.1. The van der Waals surface area contributed by atoms with Gasteiger partial charge in [-0.25, -0.2) is 0 Å². The lowest BCUT2D eigenvalue weighted by molar-refractivity contribution is -0.0439. The Morgan fingerprint density at radius 1 is 1.17 bits per heavy atom. The van der Waals surface area contributed by atoms with Crippen LogP contribution >= 0.6 is 0 Å². The van der Waals surface area contributed by atoms with Crippen LogP contribution in [0.5, 0.6) is 0 Å². The Balaban J connectivity index is 1.54. The van der Waals surface area contributed by atoms with Gasteiger partial charge in [0.1, 0.15) is 0 Å². The summed E-state index contributed by atoms with van der Waals surface area (Å²) in [6.45, 7) is 20.9. The van der Waals surface area contributed by atoms with Crippen LogP contribution in [-0.4, -0.2) is 25.6 Å². The van der Waals surface area contributed by atoms with Crippen LogP contribution in [-0.2, 0) is 4.43 Å². The predicted octanol–water partition coefficient (Wildman–Crippen LogP) is 7.11. The lowest BCUT2D eigenvalue weighted by Gasteiger charge is -2.58. The van der Waals surface area contributed by atoms with E-state index in [9.17, 15) is 5.11 Å². The summed E-state index contributed by atoms with van der Waals surface area (Å²) in [5.41, 5.74) is 2.28. The van der Waals surface area contributed by atoms with Gasteiger partial charge in [0.2, 0.25) is 0 Å². The number of allylic oxidation sites excluding steroid dienone is 1. The van der Waals surface area contributed by atoms with Gasteiger partial charge in [-0.15, -0.1) is 6.58 Å². The Kier molecular flexibility index (Phi) is 5.56. The molecule has 30 heavy (non-hydrogen) atoms. The molecule has 0 aromatic heterocycles. The molecule has 0 bridgehead atoms. The van der Waals surface area contributed by atoms with Gasteiger partial charge >= 0.3 is 0 Å². The molecule has 0 aromatic rings. The third-order valence-electron chi connectivity index (χ3n) is 10.7. The van der Waals surface area contributed by atoms with E-state index in [-0.39, 0.29) is 22.5 Å². The molecule has 0 aliphatic heterocycles. The third kappa shape index (κ3) is 3.33. The van der Waals surface area contributed by atoms with E-state index < -0.39 is 8.32 Å². The van der Waals surface area contributed by atoms with Gasteiger partial charge in [0.05, 0.1) is 6.10 Å². The number of aliphatic hydroxyl groups excluding tert-OH is 1. The van der Waals surface area contributed by atoms with Gasteiger partial charge in [0.15, 0.2) is 8.32 Å². The smallest absolute Gasteiger partial charge is 0.192 e. The zero-order valence-corrected chi connectivity index (χ0v) is 21.6. The fraction of sp³-hybridized carbons (Fsp3) is 0.852. The Morgan fingerprint density at radius 3 is 2.50 bits per heavy atom. The van der Waals surface area contributed by atoms with E-state index in [0.29, 0.717) is 17.4 Å². The first-order valence-corrected chi connectivity index (χ1v) is 15.4. The second kappa shape index (κ2) is 7.32. The molecule has 0 amide bonds. The van der Waals surface area contributed by atoms with E-state index in [1.165, 1.54) is 32.1 Å². The fourth-order valence-electron chi connectivity index (χ4n) is 7.80. The van der Waals surface area contributed by atoms with Crippen molar-refractivity contribution in [2.45, 2.75) is 110 Å². The lowest BCUT2D eigenvalue weighted by atomic mass is 9.47. The number of hydrogen-bond acceptors (Lipinski definition) is 2. The van der Waals surface area contributed by atoms with Crippen molar-refractivity contribution in [2.75, 3.05) is 0 Å². The van der Waals surface area contributed by atoms with Gasteiger partial charge in [-0.3, -0.25) is 0 Å². The van der Waals surface area contributed by atoms with Crippen molar-refractivity contribution in [2.24, 2.45) is 34.5 Å². The van der Waals surface area contributed by atoms with Crippen molar-refractivity contribution in [3.05, 3.63) is 24.3 Å². The molecule has 2 nitrogen and oxygen atoms in total. The molecular weight excluding hydrogens is 384 g/mol. The minimum atomic E-state index is -1.72. The van der Waals surface area contributed by atoms with Gasteiger partial charge in [-0.05, 0) is 91.7 Å². The Hall–Kier alpha value is -0.383. The maximum atomic E-state index is 10.8. The average Bonchev–Trinajstić information content (AvgIpc) is 2.90. The highest BCUT2D eigenvalue weighted by Crippen LogP contribution is 2.66. The number of aliphatic hydroxyl groups is 1. The van der Waals surface area contributed by atoms with Crippen molar-refractivity contribution in [1.82, 2.24) is 0 Å². The standard InChI is InChI=1S/C27H46O2Si/c1-9-21-24(28)17-23-20-11-10-18-16-19(29-30(7,8)25(2,3)4)12-14-26(18,5)22(20)13-15-27(21,23)6/h9-10,19-24,28H,1,11-17H2,2-8H3/t19-,20+,21-,22-,23-,24+,26-,27+/m0/s1. The van der Waals surface area contributed by atoms with Crippen LogP contribution < -0.4 is 0 Å². The van der Waals surface area contributed by atoms with Crippen LogP contribution in [0.4, 0.5) is 0 Å². The van der Waals surface area contributed by atoms with Crippen LogP contribution in [0.3, 0.4) is 0 Å². The molecule has 4 rings (SSSR count). The second-order valence-corrected chi connectivity index (χ2v) is 17.9. The molecule has 3 fully saturated rings. The molecular formula is C27H46O2Si. The van der Waals surface area contributed by atoms with Crippen molar-refractivity contribution < 1.29 is 9.53 Å². The molecule has 0 saturated heterocycles. The SMILES string of the molecule is C=C[C@H]1[C@H](O)C[C@H]2[C@@H]3CC=C4C[C@@H](O[Si](C)(C)C(C)(C)C)CC[C@]4(C)[C@H]3CC[C@]12C. The van der Waals surface area contributed by atoms with E-state index >= 15 is 0 Å². The largest absolute Gasteiger partial charge is 0.414 e. The minimum absolute atomic E-state index is 0.192. The lowest BCUT2D eigenvalue weighted by Crippen LogP contribution is -2.51. The van der Waals surface area contributed by atoms with Crippen LogP contribution in [0.1, 0.15) is 79.6 Å². The summed E-state index contributed by atoms with van der Waals surface area (Å²) in [7, 11) is -1.72. The quantitative estimate of drug-likeness (QED) is 0.382. The third-order valence-corrected chi connectivity index (χ3v) is 15.2. The predicted molar refractivity (Wildman–Crippen MR) is 129 cm³/mol. The summed E-state index contributed by atoms with van der Waals surface area (Å²) < 4.78 is 6.86. The molecule has 0 spiro atoms. The van der Waals surface area contributed by atoms with Crippen LogP contribution in [0.25, 0.3) is 0 Å². The van der Waals surface area contributed by atoms with Crippen LogP contribution in [0.15, 0.2) is 24.3 Å². The highest BCUT2D eigenvalue weighted by atomic mass is 28.4.